The van der Waals surface area contributed by atoms with Crippen LogP contribution >= 0.6 is 15.9 Å². The van der Waals surface area contributed by atoms with Gasteiger partial charge in [0.15, 0.2) is 0 Å². The second-order valence-electron chi connectivity index (χ2n) is 3.09. The molecule has 1 heterocycles. The Balaban J connectivity index is 2.59. The van der Waals surface area contributed by atoms with E-state index in [1.807, 2.05) is 12.1 Å². The highest BCUT2D eigenvalue weighted by atomic mass is 79.9. The van der Waals surface area contributed by atoms with Gasteiger partial charge in [0, 0.05) is 11.5 Å². The number of hydrogen-bond acceptors (Lipinski definition) is 3. The lowest BCUT2D eigenvalue weighted by atomic mass is 10.3. The molecule has 2 N–H and O–H groups in total. The van der Waals surface area contributed by atoms with Crippen LogP contribution in [0.15, 0.2) is 33.5 Å². The number of nitrogens with zero attached hydrogens (tertiary/aromatic N) is 3. The molecule has 78 valence electrons. The Bertz CT molecular complexity index is 540. The molecule has 0 atom stereocenters. The van der Waals surface area contributed by atoms with Gasteiger partial charge in [0.25, 0.3) is 0 Å². The maximum Gasteiger partial charge on any atom is 0.351 e. The third-order valence-electron chi connectivity index (χ3n) is 2.09. The maximum absolute atomic E-state index is 11.6. The molecule has 0 aliphatic heterocycles. The summed E-state index contributed by atoms with van der Waals surface area (Å²) in [5, 5.41) is 3.94. The molecule has 0 radical (unpaired) electrons. The Morgan fingerprint density at radius 1 is 1.33 bits per heavy atom. The Kier molecular flexibility index (Phi) is 2.36. The molecule has 0 bridgehead atoms. The Morgan fingerprint density at radius 2 is 1.93 bits per heavy atom. The number of nitrogen functional groups attached to an aromatic ring is 1. The fourth-order valence-electron chi connectivity index (χ4n) is 1.20. The third-order valence-corrected chi connectivity index (χ3v) is 2.61. The summed E-state index contributed by atoms with van der Waals surface area (Å²) in [5.41, 5.74) is 5.97. The molecule has 6 heteroatoms. The van der Waals surface area contributed by atoms with Crippen molar-refractivity contribution in [1.82, 2.24) is 14.3 Å². The average molecular weight is 269 g/mol. The van der Waals surface area contributed by atoms with Gasteiger partial charge in [0.2, 0.25) is 5.95 Å². The molecule has 1 aromatic carbocycles. The topological polar surface area (TPSA) is 65.8 Å². The molecule has 0 spiro atoms. The molecule has 0 aliphatic rings. The molecule has 5 nitrogen and oxygen atoms in total. The predicted octanol–water partition coefficient (Wildman–Crippen LogP) is 0.916. The predicted molar refractivity (Wildman–Crippen MR) is 60.9 cm³/mol. The molecule has 0 saturated heterocycles. The van der Waals surface area contributed by atoms with Crippen molar-refractivity contribution in [1.29, 1.82) is 0 Å². The first-order valence-corrected chi connectivity index (χ1v) is 5.06. The average Bonchev–Trinajstić information content (AvgIpc) is 2.47. The van der Waals surface area contributed by atoms with E-state index in [4.69, 9.17) is 5.73 Å². The van der Waals surface area contributed by atoms with Gasteiger partial charge in [-0.3, -0.25) is 4.57 Å². The van der Waals surface area contributed by atoms with Gasteiger partial charge in [0.1, 0.15) is 0 Å². The SMILES string of the molecule is Cn1c(N)nn(-c2ccc(Br)cc2)c1=O. The van der Waals surface area contributed by atoms with E-state index in [9.17, 15) is 4.79 Å². The van der Waals surface area contributed by atoms with E-state index < -0.39 is 0 Å². The Hall–Kier alpha value is -1.56. The van der Waals surface area contributed by atoms with Crippen molar-refractivity contribution in [2.45, 2.75) is 0 Å². The largest absolute Gasteiger partial charge is 0.368 e. The molecular weight excluding hydrogens is 260 g/mol. The number of halogens is 1. The van der Waals surface area contributed by atoms with Gasteiger partial charge < -0.3 is 5.73 Å². The number of anilines is 1. The highest BCUT2D eigenvalue weighted by Gasteiger charge is 2.08. The summed E-state index contributed by atoms with van der Waals surface area (Å²) >= 11 is 3.32. The van der Waals surface area contributed by atoms with Crippen LogP contribution in [0.3, 0.4) is 0 Å². The van der Waals surface area contributed by atoms with Crippen molar-refractivity contribution in [3.63, 3.8) is 0 Å². The van der Waals surface area contributed by atoms with E-state index >= 15 is 0 Å². The zero-order valence-corrected chi connectivity index (χ0v) is 9.60. The van der Waals surface area contributed by atoms with E-state index in [-0.39, 0.29) is 11.6 Å². The summed E-state index contributed by atoms with van der Waals surface area (Å²) in [7, 11) is 1.58. The zero-order chi connectivity index (χ0) is 11.0. The normalized spacial score (nSPS) is 10.5. The lowest BCUT2D eigenvalue weighted by Crippen LogP contribution is -2.21. The lowest BCUT2D eigenvalue weighted by molar-refractivity contribution is 0.799. The van der Waals surface area contributed by atoms with Gasteiger partial charge in [-0.2, -0.15) is 4.68 Å². The van der Waals surface area contributed by atoms with Crippen LogP contribution in [-0.2, 0) is 7.05 Å². The molecule has 0 fully saturated rings. The molecule has 0 aliphatic carbocycles. The maximum atomic E-state index is 11.6. The third kappa shape index (κ3) is 1.68. The van der Waals surface area contributed by atoms with Crippen molar-refractivity contribution in [2.75, 3.05) is 5.73 Å². The van der Waals surface area contributed by atoms with Crippen LogP contribution < -0.4 is 11.4 Å². The first-order valence-electron chi connectivity index (χ1n) is 4.27. The van der Waals surface area contributed by atoms with Crippen LogP contribution in [0.4, 0.5) is 5.95 Å². The smallest absolute Gasteiger partial charge is 0.351 e. The molecule has 15 heavy (non-hydrogen) atoms. The van der Waals surface area contributed by atoms with Crippen LogP contribution in [0.1, 0.15) is 0 Å². The number of benzene rings is 1. The monoisotopic (exact) mass is 268 g/mol. The van der Waals surface area contributed by atoms with Crippen LogP contribution in [0.25, 0.3) is 5.69 Å². The van der Waals surface area contributed by atoms with E-state index in [2.05, 4.69) is 21.0 Å². The second-order valence-corrected chi connectivity index (χ2v) is 4.00. The number of nitrogens with two attached hydrogens (primary N) is 1. The van der Waals surface area contributed by atoms with Gasteiger partial charge in [-0.15, -0.1) is 5.10 Å². The number of aromatic nitrogens is 3. The van der Waals surface area contributed by atoms with Crippen LogP contribution in [0.5, 0.6) is 0 Å². The van der Waals surface area contributed by atoms with E-state index in [0.717, 1.165) is 4.47 Å². The van der Waals surface area contributed by atoms with Crippen LogP contribution in [0, 0.1) is 0 Å². The first-order chi connectivity index (χ1) is 7.09. The fraction of sp³-hybridized carbons (Fsp3) is 0.111. The van der Waals surface area contributed by atoms with Gasteiger partial charge in [-0.05, 0) is 24.3 Å². The van der Waals surface area contributed by atoms with Gasteiger partial charge >= 0.3 is 5.69 Å². The molecular formula is C9H9BrN4O. The fourth-order valence-corrected chi connectivity index (χ4v) is 1.47. The van der Waals surface area contributed by atoms with Gasteiger partial charge in [0.05, 0.1) is 5.69 Å². The second kappa shape index (κ2) is 3.54. The standard InChI is InChI=1S/C9H9BrN4O/c1-13-8(11)12-14(9(13)15)7-4-2-6(10)3-5-7/h2-5H,1H3,(H2,11,12). The van der Waals surface area contributed by atoms with E-state index in [1.54, 1.807) is 19.2 Å². The summed E-state index contributed by atoms with van der Waals surface area (Å²) in [4.78, 5) is 11.6. The summed E-state index contributed by atoms with van der Waals surface area (Å²) < 4.78 is 3.51. The summed E-state index contributed by atoms with van der Waals surface area (Å²) in [6, 6.07) is 7.26. The van der Waals surface area contributed by atoms with Crippen molar-refractivity contribution in [3.05, 3.63) is 39.2 Å². The van der Waals surface area contributed by atoms with E-state index in [1.165, 1.54) is 9.25 Å². The van der Waals surface area contributed by atoms with Gasteiger partial charge in [-0.1, -0.05) is 15.9 Å². The number of rotatable bonds is 1. The van der Waals surface area contributed by atoms with Crippen molar-refractivity contribution in [3.8, 4) is 5.69 Å². The van der Waals surface area contributed by atoms with Crippen LogP contribution in [0.2, 0.25) is 0 Å². The van der Waals surface area contributed by atoms with Crippen LogP contribution in [-0.4, -0.2) is 14.3 Å². The summed E-state index contributed by atoms with van der Waals surface area (Å²) in [6.07, 6.45) is 0. The zero-order valence-electron chi connectivity index (χ0n) is 8.01. The summed E-state index contributed by atoms with van der Waals surface area (Å²) in [5.74, 6) is 0.197. The van der Waals surface area contributed by atoms with Gasteiger partial charge in [-0.25, -0.2) is 4.79 Å². The Morgan fingerprint density at radius 3 is 2.40 bits per heavy atom. The summed E-state index contributed by atoms with van der Waals surface area (Å²) in [6.45, 7) is 0. The molecule has 0 unspecified atom stereocenters. The molecule has 1 aromatic heterocycles. The molecule has 2 aromatic rings. The number of hydrogen-bond donors (Lipinski definition) is 1. The van der Waals surface area contributed by atoms with E-state index in [0.29, 0.717) is 5.69 Å². The molecule has 0 saturated carbocycles. The quantitative estimate of drug-likeness (QED) is 0.837. The minimum absolute atomic E-state index is 0.197. The highest BCUT2D eigenvalue weighted by molar-refractivity contribution is 9.10. The Labute approximate surface area is 94.3 Å². The first kappa shape index (κ1) is 9.97. The van der Waals surface area contributed by atoms with Crippen molar-refractivity contribution in [2.24, 2.45) is 7.05 Å². The lowest BCUT2D eigenvalue weighted by Gasteiger charge is -1.98. The van der Waals surface area contributed by atoms with Crippen molar-refractivity contribution < 1.29 is 0 Å². The van der Waals surface area contributed by atoms with Crippen molar-refractivity contribution >= 4 is 21.9 Å². The minimum Gasteiger partial charge on any atom is -0.368 e. The molecule has 2 rings (SSSR count). The minimum atomic E-state index is -0.255. The molecule has 0 amide bonds. The highest BCUT2D eigenvalue weighted by Crippen LogP contribution is 2.12.